The van der Waals surface area contributed by atoms with Crippen LogP contribution in [-0.4, -0.2) is 25.0 Å². The van der Waals surface area contributed by atoms with Crippen molar-refractivity contribution < 1.29 is 4.74 Å². The van der Waals surface area contributed by atoms with E-state index in [-0.39, 0.29) is 0 Å². The molecule has 3 rings (SSSR count). The molecule has 1 saturated carbocycles. The summed E-state index contributed by atoms with van der Waals surface area (Å²) < 4.78 is 5.53. The average Bonchev–Trinajstić information content (AvgIpc) is 3.33. The number of ether oxygens (including phenoxy) is 1. The largest absolute Gasteiger partial charge is 0.380 e. The van der Waals surface area contributed by atoms with Gasteiger partial charge in [0, 0.05) is 41.7 Å². The van der Waals surface area contributed by atoms with Gasteiger partial charge < -0.3 is 15.4 Å². The van der Waals surface area contributed by atoms with E-state index in [0.29, 0.717) is 12.0 Å². The number of aliphatic imine (C=N–C) groups is 1. The van der Waals surface area contributed by atoms with Crippen LogP contribution in [0.5, 0.6) is 0 Å². The molecule has 0 aromatic heterocycles. The third-order valence-corrected chi connectivity index (χ3v) is 4.45. The van der Waals surface area contributed by atoms with Crippen LogP contribution < -0.4 is 10.6 Å². The van der Waals surface area contributed by atoms with Gasteiger partial charge in [-0.3, -0.25) is 4.99 Å². The SMILES string of the molecule is C=C(NC1CCCOC1)C1=CNC(=C)/C1=N\C(=C/CC)C1CC1. The monoisotopic (exact) mass is 313 g/mol. The molecule has 1 saturated heterocycles. The normalized spacial score (nSPS) is 26.9. The van der Waals surface area contributed by atoms with Crippen LogP contribution in [0.2, 0.25) is 0 Å². The predicted molar refractivity (Wildman–Crippen MR) is 95.0 cm³/mol. The van der Waals surface area contributed by atoms with Crippen molar-refractivity contribution in [2.75, 3.05) is 13.2 Å². The smallest absolute Gasteiger partial charge is 0.0968 e. The van der Waals surface area contributed by atoms with Gasteiger partial charge in [-0.25, -0.2) is 0 Å². The zero-order valence-electron chi connectivity index (χ0n) is 14.0. The summed E-state index contributed by atoms with van der Waals surface area (Å²) in [6.07, 6.45) is 9.92. The Morgan fingerprint density at radius 3 is 2.96 bits per heavy atom. The average molecular weight is 313 g/mol. The molecule has 2 aliphatic heterocycles. The second kappa shape index (κ2) is 7.18. The Morgan fingerprint density at radius 2 is 2.30 bits per heavy atom. The van der Waals surface area contributed by atoms with Crippen molar-refractivity contribution >= 4 is 5.71 Å². The van der Waals surface area contributed by atoms with Gasteiger partial charge in [-0.2, -0.15) is 0 Å². The summed E-state index contributed by atoms with van der Waals surface area (Å²) in [5.74, 6) is 0.630. The van der Waals surface area contributed by atoms with Gasteiger partial charge in [-0.05, 0) is 32.1 Å². The van der Waals surface area contributed by atoms with Gasteiger partial charge in [0.1, 0.15) is 0 Å². The van der Waals surface area contributed by atoms with Crippen LogP contribution in [-0.2, 0) is 4.74 Å². The lowest BCUT2D eigenvalue weighted by molar-refractivity contribution is 0.0739. The molecule has 2 heterocycles. The van der Waals surface area contributed by atoms with E-state index in [2.05, 4.69) is 36.8 Å². The Bertz CT molecular complexity index is 575. The number of hydrogen-bond acceptors (Lipinski definition) is 4. The van der Waals surface area contributed by atoms with Gasteiger partial charge in [0.05, 0.1) is 18.0 Å². The molecule has 0 aromatic rings. The fraction of sp³-hybridized carbons (Fsp3) is 0.526. The molecule has 4 nitrogen and oxygen atoms in total. The molecule has 0 aromatic carbocycles. The van der Waals surface area contributed by atoms with E-state index in [1.165, 1.54) is 18.5 Å². The van der Waals surface area contributed by atoms with Crippen LogP contribution in [0.3, 0.4) is 0 Å². The maximum Gasteiger partial charge on any atom is 0.0968 e. The summed E-state index contributed by atoms with van der Waals surface area (Å²) in [6.45, 7) is 12.1. The number of allylic oxidation sites excluding steroid dienone is 4. The summed E-state index contributed by atoms with van der Waals surface area (Å²) in [5.41, 5.74) is 4.89. The number of nitrogens with zero attached hydrogens (tertiary/aromatic N) is 1. The molecule has 1 atom stereocenters. The predicted octanol–water partition coefficient (Wildman–Crippen LogP) is 3.41. The van der Waals surface area contributed by atoms with Crippen molar-refractivity contribution in [3.63, 3.8) is 0 Å². The molecule has 124 valence electrons. The summed E-state index contributed by atoms with van der Waals surface area (Å²) in [4.78, 5) is 4.92. The topological polar surface area (TPSA) is 45.6 Å². The van der Waals surface area contributed by atoms with E-state index in [0.717, 1.165) is 55.2 Å². The quantitative estimate of drug-likeness (QED) is 0.790. The molecule has 0 amide bonds. The number of rotatable bonds is 6. The van der Waals surface area contributed by atoms with Gasteiger partial charge in [0.15, 0.2) is 0 Å². The highest BCUT2D eigenvalue weighted by molar-refractivity contribution is 6.16. The molecule has 0 spiro atoms. The third kappa shape index (κ3) is 3.94. The Kier molecular flexibility index (Phi) is 5.01. The molecule has 1 aliphatic carbocycles. The zero-order valence-corrected chi connectivity index (χ0v) is 14.0. The maximum atomic E-state index is 5.53. The highest BCUT2D eigenvalue weighted by Gasteiger charge is 2.28. The first-order chi connectivity index (χ1) is 11.2. The molecular formula is C19H27N3O. The Labute approximate surface area is 139 Å². The highest BCUT2D eigenvalue weighted by atomic mass is 16.5. The lowest BCUT2D eigenvalue weighted by Crippen LogP contribution is -2.36. The van der Waals surface area contributed by atoms with Crippen molar-refractivity contribution in [1.29, 1.82) is 0 Å². The molecule has 1 unspecified atom stereocenters. The number of nitrogens with one attached hydrogen (secondary N) is 2. The molecule has 4 heteroatoms. The van der Waals surface area contributed by atoms with E-state index in [9.17, 15) is 0 Å². The van der Waals surface area contributed by atoms with Crippen LogP contribution in [0.25, 0.3) is 0 Å². The van der Waals surface area contributed by atoms with E-state index in [1.807, 2.05) is 6.20 Å². The molecule has 0 radical (unpaired) electrons. The minimum absolute atomic E-state index is 0.335. The van der Waals surface area contributed by atoms with Crippen molar-refractivity contribution in [2.24, 2.45) is 10.9 Å². The van der Waals surface area contributed by atoms with Gasteiger partial charge in [0.2, 0.25) is 0 Å². The summed E-state index contributed by atoms with van der Waals surface area (Å²) in [7, 11) is 0. The second-order valence-electron chi connectivity index (χ2n) is 6.49. The first kappa shape index (κ1) is 16.1. The summed E-state index contributed by atoms with van der Waals surface area (Å²) in [6, 6.07) is 0.335. The van der Waals surface area contributed by atoms with E-state index in [4.69, 9.17) is 9.73 Å². The number of hydrogen-bond donors (Lipinski definition) is 2. The minimum Gasteiger partial charge on any atom is -0.380 e. The van der Waals surface area contributed by atoms with Crippen LogP contribution >= 0.6 is 0 Å². The Morgan fingerprint density at radius 1 is 1.48 bits per heavy atom. The molecule has 23 heavy (non-hydrogen) atoms. The lowest BCUT2D eigenvalue weighted by atomic mass is 10.1. The van der Waals surface area contributed by atoms with Crippen LogP contribution in [0, 0.1) is 5.92 Å². The van der Waals surface area contributed by atoms with Crippen molar-refractivity contribution in [3.05, 3.63) is 48.1 Å². The van der Waals surface area contributed by atoms with Crippen LogP contribution in [0.1, 0.15) is 39.0 Å². The van der Waals surface area contributed by atoms with Crippen LogP contribution in [0.15, 0.2) is 53.1 Å². The first-order valence-electron chi connectivity index (χ1n) is 8.67. The van der Waals surface area contributed by atoms with Gasteiger partial charge in [-0.15, -0.1) is 0 Å². The van der Waals surface area contributed by atoms with E-state index in [1.54, 1.807) is 0 Å². The fourth-order valence-corrected chi connectivity index (χ4v) is 3.02. The first-order valence-corrected chi connectivity index (χ1v) is 8.67. The standard InChI is InChI=1S/C19H27N3O/c1-4-6-18(15-8-9-15)22-19-14(3)20-11-17(19)13(2)21-16-7-5-10-23-12-16/h6,11,15-16,20-21H,2-5,7-10,12H2,1H3/b18-6-,22-19+. The molecular weight excluding hydrogens is 286 g/mol. The maximum absolute atomic E-state index is 5.53. The second-order valence-corrected chi connectivity index (χ2v) is 6.49. The molecule has 3 aliphatic rings. The van der Waals surface area contributed by atoms with Crippen molar-refractivity contribution in [2.45, 2.75) is 45.1 Å². The zero-order chi connectivity index (χ0) is 16.2. The van der Waals surface area contributed by atoms with Gasteiger partial charge in [0.25, 0.3) is 0 Å². The Balaban J connectivity index is 1.73. The summed E-state index contributed by atoms with van der Waals surface area (Å²) in [5, 5.41) is 6.69. The summed E-state index contributed by atoms with van der Waals surface area (Å²) >= 11 is 0. The van der Waals surface area contributed by atoms with E-state index < -0.39 is 0 Å². The fourth-order valence-electron chi connectivity index (χ4n) is 3.02. The lowest BCUT2D eigenvalue weighted by Gasteiger charge is -2.25. The molecule has 0 bridgehead atoms. The van der Waals surface area contributed by atoms with Gasteiger partial charge >= 0.3 is 0 Å². The molecule has 2 N–H and O–H groups in total. The van der Waals surface area contributed by atoms with Crippen molar-refractivity contribution in [1.82, 2.24) is 10.6 Å². The Hall–Kier alpha value is -1.81. The van der Waals surface area contributed by atoms with Gasteiger partial charge in [-0.1, -0.05) is 26.2 Å². The highest BCUT2D eigenvalue weighted by Crippen LogP contribution is 2.38. The minimum atomic E-state index is 0.335. The van der Waals surface area contributed by atoms with Crippen molar-refractivity contribution in [3.8, 4) is 0 Å². The van der Waals surface area contributed by atoms with Crippen LogP contribution in [0.4, 0.5) is 0 Å². The van der Waals surface area contributed by atoms with E-state index >= 15 is 0 Å². The molecule has 2 fully saturated rings. The third-order valence-electron chi connectivity index (χ3n) is 4.45.